The fraction of sp³-hybridized carbons (Fsp3) is 0.455. The quantitative estimate of drug-likeness (QED) is 0.832. The molecule has 0 spiro atoms. The molecule has 1 aliphatic rings. The summed E-state index contributed by atoms with van der Waals surface area (Å²) in [7, 11) is -4.45. The van der Waals surface area contributed by atoms with Gasteiger partial charge in [-0.3, -0.25) is 9.78 Å². The van der Waals surface area contributed by atoms with Gasteiger partial charge in [0.1, 0.15) is 10.7 Å². The molecule has 0 radical (unpaired) electrons. The van der Waals surface area contributed by atoms with Crippen molar-refractivity contribution in [2.24, 2.45) is 11.8 Å². The summed E-state index contributed by atoms with van der Waals surface area (Å²) in [6.07, 6.45) is -3.33. The molecule has 122 valence electrons. The van der Waals surface area contributed by atoms with Crippen molar-refractivity contribution in [2.45, 2.75) is 11.1 Å². The molecule has 1 aromatic rings. The molecule has 11 heteroatoms. The van der Waals surface area contributed by atoms with E-state index in [2.05, 4.69) is 4.98 Å². The van der Waals surface area contributed by atoms with Crippen molar-refractivity contribution in [3.05, 3.63) is 24.3 Å². The van der Waals surface area contributed by atoms with Crippen molar-refractivity contribution in [1.82, 2.24) is 9.29 Å². The van der Waals surface area contributed by atoms with E-state index in [0.29, 0.717) is 10.4 Å². The smallest absolute Gasteiger partial charge is 0.393 e. The van der Waals surface area contributed by atoms with Crippen LogP contribution < -0.4 is 0 Å². The van der Waals surface area contributed by atoms with Gasteiger partial charge in [-0.15, -0.1) is 0 Å². The minimum absolute atomic E-state index is 0.389. The zero-order valence-corrected chi connectivity index (χ0v) is 11.6. The van der Waals surface area contributed by atoms with Crippen LogP contribution in [0, 0.1) is 17.7 Å². The first-order valence-electron chi connectivity index (χ1n) is 5.93. The van der Waals surface area contributed by atoms with Crippen LogP contribution in [0.4, 0.5) is 17.6 Å². The fourth-order valence-electron chi connectivity index (χ4n) is 2.23. The molecule has 1 aliphatic heterocycles. The summed E-state index contributed by atoms with van der Waals surface area (Å²) >= 11 is 0. The highest BCUT2D eigenvalue weighted by Crippen LogP contribution is 2.39. The second-order valence-electron chi connectivity index (χ2n) is 4.75. The largest absolute Gasteiger partial charge is 0.481 e. The number of aromatic nitrogens is 1. The van der Waals surface area contributed by atoms with Crippen LogP contribution in [0.1, 0.15) is 0 Å². The maximum absolute atomic E-state index is 13.0. The molecule has 2 atom stereocenters. The Bertz CT molecular complexity index is 692. The highest BCUT2D eigenvalue weighted by Gasteiger charge is 2.55. The molecule has 0 saturated carbocycles. The molecule has 1 fully saturated rings. The van der Waals surface area contributed by atoms with Gasteiger partial charge in [0.15, 0.2) is 0 Å². The molecule has 0 aromatic carbocycles. The number of carboxylic acid groups (broad SMARTS) is 1. The van der Waals surface area contributed by atoms with Crippen molar-refractivity contribution in [1.29, 1.82) is 0 Å². The molecule has 0 aliphatic carbocycles. The van der Waals surface area contributed by atoms with E-state index >= 15 is 0 Å². The fourth-order valence-corrected chi connectivity index (χ4v) is 3.70. The molecule has 0 unspecified atom stereocenters. The summed E-state index contributed by atoms with van der Waals surface area (Å²) in [5, 5.41) is 8.85. The number of hydrogen-bond acceptors (Lipinski definition) is 4. The Balaban J connectivity index is 2.36. The molecule has 1 saturated heterocycles. The number of pyridine rings is 1. The third-order valence-corrected chi connectivity index (χ3v) is 5.14. The first kappa shape index (κ1) is 16.6. The lowest BCUT2D eigenvalue weighted by Gasteiger charge is -2.18. The second-order valence-corrected chi connectivity index (χ2v) is 6.69. The minimum Gasteiger partial charge on any atom is -0.481 e. The highest BCUT2D eigenvalue weighted by molar-refractivity contribution is 7.89. The molecule has 22 heavy (non-hydrogen) atoms. The number of carbonyl (C=O) groups is 1. The Morgan fingerprint density at radius 1 is 1.32 bits per heavy atom. The maximum Gasteiger partial charge on any atom is 0.393 e. The molecular formula is C11H10F4N2O4S. The first-order chi connectivity index (χ1) is 10.0. The van der Waals surface area contributed by atoms with E-state index in [9.17, 15) is 30.8 Å². The molecular weight excluding hydrogens is 332 g/mol. The predicted molar refractivity (Wildman–Crippen MR) is 63.6 cm³/mol. The van der Waals surface area contributed by atoms with E-state index in [0.717, 1.165) is 12.4 Å². The number of hydrogen-bond donors (Lipinski definition) is 1. The summed E-state index contributed by atoms with van der Waals surface area (Å²) in [5.74, 6) is -6.93. The molecule has 1 N–H and O–H groups in total. The Kier molecular flexibility index (Phi) is 4.13. The van der Waals surface area contributed by atoms with E-state index in [1.165, 1.54) is 0 Å². The van der Waals surface area contributed by atoms with Crippen molar-refractivity contribution in [3.63, 3.8) is 0 Å². The summed E-state index contributed by atoms with van der Waals surface area (Å²) in [6.45, 7) is -1.86. The number of alkyl halides is 3. The van der Waals surface area contributed by atoms with Gasteiger partial charge < -0.3 is 5.11 Å². The lowest BCUT2D eigenvalue weighted by atomic mass is 9.96. The van der Waals surface area contributed by atoms with Gasteiger partial charge in [0.05, 0.1) is 18.0 Å². The number of carboxylic acids is 1. The third-order valence-electron chi connectivity index (χ3n) is 3.34. The van der Waals surface area contributed by atoms with Gasteiger partial charge in [-0.1, -0.05) is 0 Å². The van der Waals surface area contributed by atoms with Crippen molar-refractivity contribution < 1.29 is 35.9 Å². The van der Waals surface area contributed by atoms with Gasteiger partial charge in [0.25, 0.3) is 0 Å². The SMILES string of the molecule is O=C(O)[C@@H]1CN(S(=O)(=O)c2cncc(F)c2)C[C@H]1C(F)(F)F. The van der Waals surface area contributed by atoms with E-state index in [1.54, 1.807) is 0 Å². The van der Waals surface area contributed by atoms with E-state index in [-0.39, 0.29) is 0 Å². The van der Waals surface area contributed by atoms with Crippen LogP contribution in [-0.2, 0) is 14.8 Å². The Labute approximate surface area is 122 Å². The van der Waals surface area contributed by atoms with Crippen LogP contribution in [0.15, 0.2) is 23.4 Å². The molecule has 2 heterocycles. The van der Waals surface area contributed by atoms with Gasteiger partial charge >= 0.3 is 12.1 Å². The van der Waals surface area contributed by atoms with E-state index < -0.39 is 57.8 Å². The number of halogens is 4. The number of nitrogens with zero attached hydrogens (tertiary/aromatic N) is 2. The molecule has 6 nitrogen and oxygen atoms in total. The summed E-state index contributed by atoms with van der Waals surface area (Å²) in [5.41, 5.74) is 0. The first-order valence-corrected chi connectivity index (χ1v) is 7.37. The lowest BCUT2D eigenvalue weighted by molar-refractivity contribution is -0.187. The molecule has 2 rings (SSSR count). The van der Waals surface area contributed by atoms with Gasteiger partial charge in [-0.05, 0) is 6.07 Å². The summed E-state index contributed by atoms with van der Waals surface area (Å²) in [4.78, 5) is 13.6. The van der Waals surface area contributed by atoms with Crippen LogP contribution in [-0.4, -0.2) is 48.0 Å². The summed E-state index contributed by atoms with van der Waals surface area (Å²) in [6, 6.07) is 0.610. The Morgan fingerprint density at radius 3 is 2.41 bits per heavy atom. The van der Waals surface area contributed by atoms with Crippen molar-refractivity contribution >= 4 is 16.0 Å². The van der Waals surface area contributed by atoms with Crippen molar-refractivity contribution in [2.75, 3.05) is 13.1 Å². The standard InChI is InChI=1S/C11H10F4N2O4S/c12-6-1-7(3-16-2-6)22(20,21)17-4-8(10(18)19)9(5-17)11(13,14)15/h1-3,8-9H,4-5H2,(H,18,19)/t8-,9-/m1/s1. The lowest BCUT2D eigenvalue weighted by Crippen LogP contribution is -2.34. The zero-order chi connectivity index (χ0) is 16.7. The second kappa shape index (κ2) is 5.47. The monoisotopic (exact) mass is 342 g/mol. The third kappa shape index (κ3) is 3.04. The Hall–Kier alpha value is -1.75. The predicted octanol–water partition coefficient (Wildman–Crippen LogP) is 1.10. The highest BCUT2D eigenvalue weighted by atomic mass is 32.2. The van der Waals surface area contributed by atoms with Gasteiger partial charge in [-0.2, -0.15) is 17.5 Å². The van der Waals surface area contributed by atoms with Gasteiger partial charge in [-0.25, -0.2) is 12.8 Å². The zero-order valence-electron chi connectivity index (χ0n) is 10.8. The molecule has 0 bridgehead atoms. The van der Waals surface area contributed by atoms with E-state index in [1.807, 2.05) is 0 Å². The topological polar surface area (TPSA) is 87.6 Å². The normalized spacial score (nSPS) is 23.6. The van der Waals surface area contributed by atoms with E-state index in [4.69, 9.17) is 5.11 Å². The van der Waals surface area contributed by atoms with Crippen LogP contribution >= 0.6 is 0 Å². The van der Waals surface area contributed by atoms with Gasteiger partial charge in [0, 0.05) is 19.3 Å². The molecule has 0 amide bonds. The average molecular weight is 342 g/mol. The maximum atomic E-state index is 13.0. The van der Waals surface area contributed by atoms with Crippen LogP contribution in [0.5, 0.6) is 0 Å². The Morgan fingerprint density at radius 2 is 1.95 bits per heavy atom. The minimum atomic E-state index is -4.85. The number of aliphatic carboxylic acids is 1. The van der Waals surface area contributed by atoms with Crippen LogP contribution in [0.3, 0.4) is 0 Å². The number of rotatable bonds is 3. The number of sulfonamides is 1. The molecule has 1 aromatic heterocycles. The summed E-state index contributed by atoms with van der Waals surface area (Å²) < 4.78 is 76.3. The van der Waals surface area contributed by atoms with Gasteiger partial charge in [0.2, 0.25) is 10.0 Å². The average Bonchev–Trinajstić information content (AvgIpc) is 2.84. The van der Waals surface area contributed by atoms with Crippen LogP contribution in [0.2, 0.25) is 0 Å². The van der Waals surface area contributed by atoms with Crippen LogP contribution in [0.25, 0.3) is 0 Å². The van der Waals surface area contributed by atoms with Crippen molar-refractivity contribution in [3.8, 4) is 0 Å².